The minimum Gasteiger partial charge on any atom is -0.408 e. The lowest BCUT2D eigenvalue weighted by atomic mass is 10.1. The number of rotatable bonds is 3. The van der Waals surface area contributed by atoms with Crippen molar-refractivity contribution < 1.29 is 13.6 Å². The molecule has 2 aromatic rings. The Morgan fingerprint density at radius 3 is 2.45 bits per heavy atom. The van der Waals surface area contributed by atoms with Gasteiger partial charge < -0.3 is 14.2 Å². The van der Waals surface area contributed by atoms with Gasteiger partial charge >= 0.3 is 6.01 Å². The molecule has 1 amide bonds. The van der Waals surface area contributed by atoms with Gasteiger partial charge in [0.2, 0.25) is 11.8 Å². The maximum absolute atomic E-state index is 12.9. The van der Waals surface area contributed by atoms with E-state index in [1.807, 2.05) is 9.80 Å². The standard InChI is InChI=1S/C15H17FN4O2/c1-11-17-18-15(22-11)20-8-6-19(7-9-20)14(21)10-12-2-4-13(16)5-3-12/h2-5H,6-10H2,1H3. The molecule has 1 aliphatic heterocycles. The second kappa shape index (κ2) is 6.13. The number of benzene rings is 1. The van der Waals surface area contributed by atoms with Crippen LogP contribution in [-0.2, 0) is 11.2 Å². The van der Waals surface area contributed by atoms with Gasteiger partial charge in [0.05, 0.1) is 6.42 Å². The number of carbonyl (C=O) groups is 1. The molecule has 1 aromatic heterocycles. The molecule has 0 spiro atoms. The van der Waals surface area contributed by atoms with Crippen molar-refractivity contribution in [1.82, 2.24) is 15.1 Å². The summed E-state index contributed by atoms with van der Waals surface area (Å²) in [6, 6.07) is 6.54. The Hall–Kier alpha value is -2.44. The third kappa shape index (κ3) is 3.24. The number of hydrogen-bond donors (Lipinski definition) is 0. The SMILES string of the molecule is Cc1nnc(N2CCN(C(=O)Cc3ccc(F)cc3)CC2)o1. The molecule has 0 atom stereocenters. The molecule has 0 saturated carbocycles. The van der Waals surface area contributed by atoms with Gasteiger partial charge in [0.15, 0.2) is 0 Å². The molecule has 1 fully saturated rings. The molecule has 2 heterocycles. The molecule has 1 saturated heterocycles. The zero-order valence-electron chi connectivity index (χ0n) is 12.3. The van der Waals surface area contributed by atoms with Crippen molar-refractivity contribution in [3.05, 3.63) is 41.5 Å². The summed E-state index contributed by atoms with van der Waals surface area (Å²) in [5.41, 5.74) is 0.821. The predicted octanol–water partition coefficient (Wildman–Crippen LogP) is 1.41. The van der Waals surface area contributed by atoms with Crippen molar-refractivity contribution in [1.29, 1.82) is 0 Å². The van der Waals surface area contributed by atoms with Crippen LogP contribution in [0.15, 0.2) is 28.7 Å². The van der Waals surface area contributed by atoms with Gasteiger partial charge in [-0.25, -0.2) is 4.39 Å². The second-order valence-electron chi connectivity index (χ2n) is 5.27. The van der Waals surface area contributed by atoms with E-state index in [-0.39, 0.29) is 11.7 Å². The topological polar surface area (TPSA) is 62.5 Å². The van der Waals surface area contributed by atoms with E-state index in [2.05, 4.69) is 10.2 Å². The van der Waals surface area contributed by atoms with Gasteiger partial charge in [0, 0.05) is 33.1 Å². The van der Waals surface area contributed by atoms with Gasteiger partial charge in [-0.3, -0.25) is 4.79 Å². The van der Waals surface area contributed by atoms with E-state index in [1.54, 1.807) is 19.1 Å². The van der Waals surface area contributed by atoms with Gasteiger partial charge in [-0.2, -0.15) is 0 Å². The van der Waals surface area contributed by atoms with Crippen LogP contribution in [0.5, 0.6) is 0 Å². The Balaban J connectivity index is 1.54. The van der Waals surface area contributed by atoms with Crippen molar-refractivity contribution in [3.8, 4) is 0 Å². The molecule has 1 aromatic carbocycles. The molecule has 0 bridgehead atoms. The number of anilines is 1. The molecule has 3 rings (SSSR count). The Morgan fingerprint density at radius 2 is 1.86 bits per heavy atom. The van der Waals surface area contributed by atoms with Crippen LogP contribution in [0.4, 0.5) is 10.4 Å². The van der Waals surface area contributed by atoms with Crippen molar-refractivity contribution in [3.63, 3.8) is 0 Å². The normalized spacial score (nSPS) is 15.2. The molecule has 0 unspecified atom stereocenters. The lowest BCUT2D eigenvalue weighted by Gasteiger charge is -2.33. The smallest absolute Gasteiger partial charge is 0.318 e. The quantitative estimate of drug-likeness (QED) is 0.858. The Bertz CT molecular complexity index is 648. The summed E-state index contributed by atoms with van der Waals surface area (Å²) >= 11 is 0. The van der Waals surface area contributed by atoms with Crippen molar-refractivity contribution >= 4 is 11.9 Å². The number of amides is 1. The maximum atomic E-state index is 12.9. The third-order valence-electron chi connectivity index (χ3n) is 3.69. The van der Waals surface area contributed by atoms with E-state index in [9.17, 15) is 9.18 Å². The number of nitrogens with zero attached hydrogens (tertiary/aromatic N) is 4. The molecule has 116 valence electrons. The summed E-state index contributed by atoms with van der Waals surface area (Å²) in [6.07, 6.45) is 0.292. The first-order valence-corrected chi connectivity index (χ1v) is 7.19. The van der Waals surface area contributed by atoms with Crippen LogP contribution in [0, 0.1) is 12.7 Å². The van der Waals surface area contributed by atoms with Gasteiger partial charge in [-0.15, -0.1) is 5.10 Å². The van der Waals surface area contributed by atoms with Crippen LogP contribution in [0.2, 0.25) is 0 Å². The monoisotopic (exact) mass is 304 g/mol. The van der Waals surface area contributed by atoms with Crippen LogP contribution in [-0.4, -0.2) is 47.2 Å². The van der Waals surface area contributed by atoms with E-state index < -0.39 is 0 Å². The van der Waals surface area contributed by atoms with Crippen LogP contribution in [0.25, 0.3) is 0 Å². The average molecular weight is 304 g/mol. The van der Waals surface area contributed by atoms with E-state index in [0.717, 1.165) is 5.56 Å². The fraction of sp³-hybridized carbons (Fsp3) is 0.400. The molecular weight excluding hydrogens is 287 g/mol. The highest BCUT2D eigenvalue weighted by atomic mass is 19.1. The highest BCUT2D eigenvalue weighted by Crippen LogP contribution is 2.15. The second-order valence-corrected chi connectivity index (χ2v) is 5.27. The van der Waals surface area contributed by atoms with Crippen molar-refractivity contribution in [2.45, 2.75) is 13.3 Å². The number of hydrogen-bond acceptors (Lipinski definition) is 5. The maximum Gasteiger partial charge on any atom is 0.318 e. The largest absolute Gasteiger partial charge is 0.408 e. The highest BCUT2D eigenvalue weighted by Gasteiger charge is 2.23. The Labute approximate surface area is 127 Å². The first-order chi connectivity index (χ1) is 10.6. The summed E-state index contributed by atoms with van der Waals surface area (Å²) in [5.74, 6) is 0.289. The first kappa shape index (κ1) is 14.5. The molecule has 1 aliphatic rings. The number of aryl methyl sites for hydroxylation is 1. The molecule has 0 radical (unpaired) electrons. The van der Waals surface area contributed by atoms with E-state index in [4.69, 9.17) is 4.42 Å². The van der Waals surface area contributed by atoms with Crippen molar-refractivity contribution in [2.24, 2.45) is 0 Å². The van der Waals surface area contributed by atoms with Gasteiger partial charge in [0.25, 0.3) is 0 Å². The Kier molecular flexibility index (Phi) is 4.04. The van der Waals surface area contributed by atoms with E-state index in [0.29, 0.717) is 44.5 Å². The summed E-state index contributed by atoms with van der Waals surface area (Å²) in [7, 11) is 0. The minimum absolute atomic E-state index is 0.0490. The van der Waals surface area contributed by atoms with Crippen LogP contribution < -0.4 is 4.90 Å². The summed E-state index contributed by atoms with van der Waals surface area (Å²) in [6.45, 7) is 4.30. The van der Waals surface area contributed by atoms with Crippen molar-refractivity contribution in [2.75, 3.05) is 31.1 Å². The molecular formula is C15H17FN4O2. The van der Waals surface area contributed by atoms with E-state index >= 15 is 0 Å². The average Bonchev–Trinajstić information content (AvgIpc) is 2.96. The molecule has 0 N–H and O–H groups in total. The van der Waals surface area contributed by atoms with Crippen LogP contribution in [0.1, 0.15) is 11.5 Å². The van der Waals surface area contributed by atoms with E-state index in [1.165, 1.54) is 12.1 Å². The summed E-state index contributed by atoms with van der Waals surface area (Å²) < 4.78 is 18.3. The Morgan fingerprint density at radius 1 is 1.18 bits per heavy atom. The minimum atomic E-state index is -0.292. The zero-order valence-corrected chi connectivity index (χ0v) is 12.3. The zero-order chi connectivity index (χ0) is 15.5. The number of piperazine rings is 1. The number of halogens is 1. The van der Waals surface area contributed by atoms with Gasteiger partial charge in [0.1, 0.15) is 5.82 Å². The lowest BCUT2D eigenvalue weighted by molar-refractivity contribution is -0.130. The molecule has 0 aliphatic carbocycles. The number of aromatic nitrogens is 2. The molecule has 6 nitrogen and oxygen atoms in total. The number of carbonyl (C=O) groups excluding carboxylic acids is 1. The van der Waals surface area contributed by atoms with Gasteiger partial charge in [-0.1, -0.05) is 17.2 Å². The first-order valence-electron chi connectivity index (χ1n) is 7.19. The molecule has 22 heavy (non-hydrogen) atoms. The predicted molar refractivity (Wildman–Crippen MR) is 77.9 cm³/mol. The fourth-order valence-electron chi connectivity index (χ4n) is 2.45. The van der Waals surface area contributed by atoms with Gasteiger partial charge in [-0.05, 0) is 17.7 Å². The molecule has 7 heteroatoms. The summed E-state index contributed by atoms with van der Waals surface area (Å²) in [4.78, 5) is 16.0. The highest BCUT2D eigenvalue weighted by molar-refractivity contribution is 5.79. The summed E-state index contributed by atoms with van der Waals surface area (Å²) in [5, 5.41) is 7.80. The fourth-order valence-corrected chi connectivity index (χ4v) is 2.45. The third-order valence-corrected chi connectivity index (χ3v) is 3.69. The van der Waals surface area contributed by atoms with Crippen LogP contribution >= 0.6 is 0 Å². The lowest BCUT2D eigenvalue weighted by Crippen LogP contribution is -2.49. The van der Waals surface area contributed by atoms with Crippen LogP contribution in [0.3, 0.4) is 0 Å².